The van der Waals surface area contributed by atoms with E-state index in [1.807, 2.05) is 0 Å². The average Bonchev–Trinajstić information content (AvgIpc) is 3.46. The third-order valence-corrected chi connectivity index (χ3v) is 7.24. The number of benzene rings is 1. The Bertz CT molecular complexity index is 1280. The topological polar surface area (TPSA) is 125 Å². The van der Waals surface area contributed by atoms with Crippen LogP contribution in [0.3, 0.4) is 0 Å². The fourth-order valence-electron chi connectivity index (χ4n) is 4.52. The molecule has 0 aliphatic carbocycles. The number of hydrogen-bond acceptors (Lipinski definition) is 8. The van der Waals surface area contributed by atoms with E-state index in [0.717, 1.165) is 5.56 Å². The number of nitrogens with two attached hydrogens (primary N) is 1. The second-order valence-electron chi connectivity index (χ2n) is 8.69. The molecule has 35 heavy (non-hydrogen) atoms. The Morgan fingerprint density at radius 3 is 2.89 bits per heavy atom. The minimum atomic E-state index is -1.98. The summed E-state index contributed by atoms with van der Waals surface area (Å²) in [6.45, 7) is 2.32. The number of pyridine rings is 1. The van der Waals surface area contributed by atoms with Crippen LogP contribution in [0, 0.1) is 11.7 Å². The molecule has 3 aromatic rings. The van der Waals surface area contributed by atoms with Crippen LogP contribution in [-0.2, 0) is 16.0 Å². The number of anilines is 1. The number of halogens is 3. The predicted octanol–water partition coefficient (Wildman–Crippen LogP) is 3.56. The van der Waals surface area contributed by atoms with Gasteiger partial charge in [0.05, 0.1) is 24.4 Å². The van der Waals surface area contributed by atoms with E-state index in [2.05, 4.69) is 10.1 Å². The first-order valence-electron chi connectivity index (χ1n) is 10.9. The Balaban J connectivity index is 1.35. The number of nitrogen functional groups attached to an aromatic ring is 1. The van der Waals surface area contributed by atoms with Crippen molar-refractivity contribution in [1.82, 2.24) is 14.8 Å². The van der Waals surface area contributed by atoms with Crippen molar-refractivity contribution in [3.8, 4) is 16.9 Å². The molecule has 4 atom stereocenters. The maximum absolute atomic E-state index is 14.0. The number of aromatic nitrogens is 3. The minimum Gasteiger partial charge on any atom is -0.482 e. The lowest BCUT2D eigenvalue weighted by atomic mass is 9.86. The standard InChI is InChI=1S/C23H23Cl2FN4O5/c1-12(19-16(24)2-3-17(26)20(19)25)35-18-6-13(7-28-21(18)27)14-8-29-30(9-14)10-15-11-34-23(32)22(15,31)4-5-33-23/h2-3,6-9,12,15,31-32H,4-5,10-11H2,1H3,(H2,27,28). The normalized spacial score (nSPS) is 26.6. The van der Waals surface area contributed by atoms with Crippen LogP contribution in [0.25, 0.3) is 11.1 Å². The first kappa shape index (κ1) is 24.2. The van der Waals surface area contributed by atoms with E-state index in [-0.39, 0.29) is 41.2 Å². The van der Waals surface area contributed by atoms with Crippen LogP contribution < -0.4 is 10.5 Å². The maximum atomic E-state index is 14.0. The molecule has 0 spiro atoms. The van der Waals surface area contributed by atoms with E-state index in [4.69, 9.17) is 43.1 Å². The zero-order chi connectivity index (χ0) is 25.0. The zero-order valence-electron chi connectivity index (χ0n) is 18.6. The van der Waals surface area contributed by atoms with Crippen LogP contribution in [0.15, 0.2) is 36.8 Å². The Kier molecular flexibility index (Phi) is 6.15. The molecule has 2 aromatic heterocycles. The molecule has 2 aliphatic heterocycles. The Morgan fingerprint density at radius 1 is 1.29 bits per heavy atom. The van der Waals surface area contributed by atoms with Gasteiger partial charge in [0.2, 0.25) is 0 Å². The monoisotopic (exact) mass is 524 g/mol. The Hall–Kier alpha value is -2.47. The SMILES string of the molecule is CC(Oc1cc(-c2cnn(CC3COC4(O)OCCC34O)c2)cnc1N)c1c(Cl)ccc(F)c1Cl. The van der Waals surface area contributed by atoms with Gasteiger partial charge in [0.1, 0.15) is 11.9 Å². The summed E-state index contributed by atoms with van der Waals surface area (Å²) in [5, 5.41) is 25.8. The van der Waals surface area contributed by atoms with E-state index in [1.54, 1.807) is 36.3 Å². The van der Waals surface area contributed by atoms with Gasteiger partial charge in [-0.3, -0.25) is 4.68 Å². The molecule has 0 amide bonds. The van der Waals surface area contributed by atoms with Crippen molar-refractivity contribution in [3.63, 3.8) is 0 Å². The first-order chi connectivity index (χ1) is 16.6. The summed E-state index contributed by atoms with van der Waals surface area (Å²) in [6.07, 6.45) is 4.55. The van der Waals surface area contributed by atoms with E-state index < -0.39 is 29.4 Å². The molecule has 1 aromatic carbocycles. The summed E-state index contributed by atoms with van der Waals surface area (Å²) in [4.78, 5) is 4.21. The quantitative estimate of drug-likeness (QED) is 0.418. The number of hydrogen-bond donors (Lipinski definition) is 3. The Labute approximate surface area is 210 Å². The van der Waals surface area contributed by atoms with Crippen molar-refractivity contribution < 1.29 is 28.8 Å². The smallest absolute Gasteiger partial charge is 0.311 e. The molecule has 4 unspecified atom stereocenters. The second kappa shape index (κ2) is 8.88. The molecule has 4 heterocycles. The highest BCUT2D eigenvalue weighted by Gasteiger charge is 2.65. The largest absolute Gasteiger partial charge is 0.482 e. The van der Waals surface area contributed by atoms with Gasteiger partial charge in [-0.2, -0.15) is 5.10 Å². The van der Waals surface area contributed by atoms with E-state index >= 15 is 0 Å². The fraction of sp³-hybridized carbons (Fsp3) is 0.391. The molecule has 12 heteroatoms. The van der Waals surface area contributed by atoms with Crippen LogP contribution in [0.1, 0.15) is 25.0 Å². The number of nitrogens with zero attached hydrogens (tertiary/aromatic N) is 3. The number of fused-ring (bicyclic) bond motifs is 1. The van der Waals surface area contributed by atoms with Gasteiger partial charge in [-0.25, -0.2) is 9.37 Å². The lowest BCUT2D eigenvalue weighted by molar-refractivity contribution is -0.363. The lowest BCUT2D eigenvalue weighted by Gasteiger charge is -2.30. The lowest BCUT2D eigenvalue weighted by Crippen LogP contribution is -2.51. The summed E-state index contributed by atoms with van der Waals surface area (Å²) in [7, 11) is 0. The van der Waals surface area contributed by atoms with Crippen LogP contribution in [-0.4, -0.2) is 49.8 Å². The molecule has 9 nitrogen and oxygen atoms in total. The van der Waals surface area contributed by atoms with Gasteiger partial charge < -0.3 is 30.2 Å². The van der Waals surface area contributed by atoms with Gasteiger partial charge in [0.15, 0.2) is 17.2 Å². The molecular formula is C23H23Cl2FN4O5. The maximum Gasteiger partial charge on any atom is 0.311 e. The molecule has 5 rings (SSSR count). The van der Waals surface area contributed by atoms with Crippen molar-refractivity contribution >= 4 is 29.0 Å². The van der Waals surface area contributed by atoms with Gasteiger partial charge in [0.25, 0.3) is 0 Å². The van der Waals surface area contributed by atoms with Crippen molar-refractivity contribution in [2.24, 2.45) is 5.92 Å². The van der Waals surface area contributed by atoms with E-state index in [1.165, 1.54) is 12.1 Å². The summed E-state index contributed by atoms with van der Waals surface area (Å²) in [6, 6.07) is 4.29. The zero-order valence-corrected chi connectivity index (χ0v) is 20.1. The number of aliphatic hydroxyl groups is 2. The number of ether oxygens (including phenoxy) is 3. The Morgan fingerprint density at radius 2 is 2.09 bits per heavy atom. The minimum absolute atomic E-state index is 0.119. The average molecular weight is 525 g/mol. The molecule has 0 radical (unpaired) electrons. The molecule has 4 N–H and O–H groups in total. The van der Waals surface area contributed by atoms with E-state index in [0.29, 0.717) is 17.7 Å². The highest BCUT2D eigenvalue weighted by molar-refractivity contribution is 6.36. The molecule has 2 saturated heterocycles. The summed E-state index contributed by atoms with van der Waals surface area (Å²) < 4.78 is 32.1. The van der Waals surface area contributed by atoms with Gasteiger partial charge in [-0.15, -0.1) is 0 Å². The molecule has 0 saturated carbocycles. The van der Waals surface area contributed by atoms with Crippen LogP contribution in [0.2, 0.25) is 10.0 Å². The van der Waals surface area contributed by atoms with Gasteiger partial charge >= 0.3 is 5.97 Å². The second-order valence-corrected chi connectivity index (χ2v) is 9.47. The molecule has 2 aliphatic rings. The third kappa shape index (κ3) is 4.14. The van der Waals surface area contributed by atoms with Crippen molar-refractivity contribution in [3.05, 3.63) is 58.2 Å². The summed E-state index contributed by atoms with van der Waals surface area (Å²) in [5.41, 5.74) is 6.21. The van der Waals surface area contributed by atoms with Crippen molar-refractivity contribution in [1.29, 1.82) is 0 Å². The van der Waals surface area contributed by atoms with Crippen molar-refractivity contribution in [2.45, 2.75) is 37.6 Å². The number of rotatable bonds is 6. The highest BCUT2D eigenvalue weighted by atomic mass is 35.5. The summed E-state index contributed by atoms with van der Waals surface area (Å²) >= 11 is 12.3. The summed E-state index contributed by atoms with van der Waals surface area (Å²) in [5.74, 6) is -2.58. The molecule has 2 fully saturated rings. The molecule has 186 valence electrons. The van der Waals surface area contributed by atoms with E-state index in [9.17, 15) is 14.6 Å². The third-order valence-electron chi connectivity index (χ3n) is 6.53. The first-order valence-corrected chi connectivity index (χ1v) is 11.7. The van der Waals surface area contributed by atoms with Gasteiger partial charge in [0, 0.05) is 53.0 Å². The predicted molar refractivity (Wildman–Crippen MR) is 125 cm³/mol. The molecular weight excluding hydrogens is 502 g/mol. The van der Waals surface area contributed by atoms with Gasteiger partial charge in [-0.1, -0.05) is 23.2 Å². The van der Waals surface area contributed by atoms with Gasteiger partial charge in [-0.05, 0) is 25.1 Å². The molecule has 0 bridgehead atoms. The van der Waals surface area contributed by atoms with Crippen LogP contribution in [0.5, 0.6) is 5.75 Å². The van der Waals surface area contributed by atoms with Crippen LogP contribution in [0.4, 0.5) is 10.2 Å². The fourth-order valence-corrected chi connectivity index (χ4v) is 5.20. The highest BCUT2D eigenvalue weighted by Crippen LogP contribution is 2.47. The van der Waals surface area contributed by atoms with Crippen LogP contribution >= 0.6 is 23.2 Å². The van der Waals surface area contributed by atoms with Crippen molar-refractivity contribution in [2.75, 3.05) is 18.9 Å².